The Bertz CT molecular complexity index is 186. The molecule has 5 heteroatoms. The molecule has 0 aliphatic heterocycles. The van der Waals surface area contributed by atoms with Gasteiger partial charge in [0, 0.05) is 0 Å². The van der Waals surface area contributed by atoms with E-state index in [4.69, 9.17) is 14.8 Å². The van der Waals surface area contributed by atoms with Gasteiger partial charge in [-0.25, -0.2) is 0 Å². The van der Waals surface area contributed by atoms with Crippen LogP contribution in [0.2, 0.25) is 0 Å². The number of hydrogen-bond acceptors (Lipinski definition) is 4. The summed E-state index contributed by atoms with van der Waals surface area (Å²) in [5, 5.41) is 0. The summed E-state index contributed by atoms with van der Waals surface area (Å²) in [6.07, 6.45) is 0.650. The van der Waals surface area contributed by atoms with E-state index in [2.05, 4.69) is 0 Å². The van der Waals surface area contributed by atoms with E-state index in [1.165, 1.54) is 0 Å². The van der Waals surface area contributed by atoms with Crippen LogP contribution in [0.15, 0.2) is 0 Å². The first-order chi connectivity index (χ1) is 6.46. The van der Waals surface area contributed by atoms with Gasteiger partial charge in [-0.3, -0.25) is 4.57 Å². The third-order valence-electron chi connectivity index (χ3n) is 1.74. The van der Waals surface area contributed by atoms with Crippen LogP contribution in [0.1, 0.15) is 34.1 Å². The molecule has 0 fully saturated rings. The highest BCUT2D eigenvalue weighted by Gasteiger charge is 2.32. The average molecular weight is 223 g/mol. The lowest BCUT2D eigenvalue weighted by Crippen LogP contribution is -2.24. The van der Waals surface area contributed by atoms with E-state index in [0.29, 0.717) is 25.6 Å². The second kappa shape index (κ2) is 6.57. The van der Waals surface area contributed by atoms with Crippen molar-refractivity contribution in [3.05, 3.63) is 0 Å². The lowest BCUT2D eigenvalue weighted by Gasteiger charge is -2.24. The van der Waals surface area contributed by atoms with Crippen molar-refractivity contribution in [3.8, 4) is 0 Å². The zero-order valence-electron chi connectivity index (χ0n) is 9.53. The molecule has 86 valence electrons. The van der Waals surface area contributed by atoms with E-state index in [1.807, 2.05) is 13.8 Å². The normalized spacial score (nSPS) is 14.7. The van der Waals surface area contributed by atoms with Crippen LogP contribution in [0, 0.1) is 5.92 Å². The molecule has 0 heterocycles. The molecular formula is C9H22NO3P. The molecule has 14 heavy (non-hydrogen) atoms. The lowest BCUT2D eigenvalue weighted by molar-refractivity contribution is 0.209. The van der Waals surface area contributed by atoms with Crippen molar-refractivity contribution in [2.24, 2.45) is 11.7 Å². The van der Waals surface area contributed by atoms with Gasteiger partial charge in [0.25, 0.3) is 0 Å². The predicted octanol–water partition coefficient (Wildman–Crippen LogP) is 2.58. The highest BCUT2D eigenvalue weighted by Crippen LogP contribution is 2.52. The fourth-order valence-electron chi connectivity index (χ4n) is 1.20. The monoisotopic (exact) mass is 223 g/mol. The summed E-state index contributed by atoms with van der Waals surface area (Å²) in [6, 6.07) is 0. The number of rotatable bonds is 7. The molecule has 0 rings (SSSR count). The van der Waals surface area contributed by atoms with Crippen LogP contribution in [0.4, 0.5) is 0 Å². The van der Waals surface area contributed by atoms with Crippen molar-refractivity contribution in [2.75, 3.05) is 13.2 Å². The maximum atomic E-state index is 12.1. The van der Waals surface area contributed by atoms with E-state index >= 15 is 0 Å². The Morgan fingerprint density at radius 1 is 1.21 bits per heavy atom. The Kier molecular flexibility index (Phi) is 6.62. The summed E-state index contributed by atoms with van der Waals surface area (Å²) >= 11 is 0. The molecule has 0 aliphatic rings. The second-order valence-electron chi connectivity index (χ2n) is 3.57. The molecule has 0 saturated carbocycles. The minimum Gasteiger partial charge on any atom is -0.318 e. The van der Waals surface area contributed by atoms with Crippen molar-refractivity contribution < 1.29 is 13.6 Å². The quantitative estimate of drug-likeness (QED) is 0.674. The second-order valence-corrected chi connectivity index (χ2v) is 5.83. The maximum Gasteiger partial charge on any atom is 0.347 e. The van der Waals surface area contributed by atoms with E-state index in [9.17, 15) is 4.57 Å². The fourth-order valence-corrected chi connectivity index (χ4v) is 3.06. The predicted molar refractivity (Wildman–Crippen MR) is 58.3 cm³/mol. The Morgan fingerprint density at radius 3 is 1.93 bits per heavy atom. The van der Waals surface area contributed by atoms with Gasteiger partial charge in [-0.2, -0.15) is 0 Å². The summed E-state index contributed by atoms with van der Waals surface area (Å²) in [5.74, 6) is -0.123. The third-order valence-corrected chi connectivity index (χ3v) is 4.00. The zero-order valence-corrected chi connectivity index (χ0v) is 10.4. The summed E-state index contributed by atoms with van der Waals surface area (Å²) in [5.41, 5.74) is 5.81. The third kappa shape index (κ3) is 4.56. The molecule has 0 aromatic rings. The smallest absolute Gasteiger partial charge is 0.318 e. The Balaban J connectivity index is 4.38. The molecule has 0 spiro atoms. The van der Waals surface area contributed by atoms with Gasteiger partial charge >= 0.3 is 7.60 Å². The minimum absolute atomic E-state index is 0.364. The standard InChI is InChI=1S/C9H22NO3P/c1-5-12-14(11,13-6-2)9(10)7-8(3)4/h8-9H,5-7,10H2,1-4H3. The molecule has 0 aromatic carbocycles. The van der Waals surface area contributed by atoms with Gasteiger partial charge < -0.3 is 14.8 Å². The molecule has 0 bridgehead atoms. The number of nitrogens with two attached hydrogens (primary N) is 1. The largest absolute Gasteiger partial charge is 0.347 e. The van der Waals surface area contributed by atoms with Gasteiger partial charge in [0.2, 0.25) is 0 Å². The van der Waals surface area contributed by atoms with Crippen molar-refractivity contribution in [3.63, 3.8) is 0 Å². The summed E-state index contributed by atoms with van der Waals surface area (Å²) in [7, 11) is -3.09. The SMILES string of the molecule is CCOP(=O)(OCC)C(N)CC(C)C. The molecule has 4 nitrogen and oxygen atoms in total. The van der Waals surface area contributed by atoms with Gasteiger partial charge in [-0.1, -0.05) is 13.8 Å². The van der Waals surface area contributed by atoms with E-state index in [1.54, 1.807) is 13.8 Å². The molecular weight excluding hydrogens is 201 g/mol. The molecule has 0 amide bonds. The van der Waals surface area contributed by atoms with Gasteiger partial charge in [-0.05, 0) is 26.2 Å². The van der Waals surface area contributed by atoms with Crippen LogP contribution in [-0.4, -0.2) is 19.0 Å². The zero-order chi connectivity index (χ0) is 11.2. The van der Waals surface area contributed by atoms with E-state index in [-0.39, 0.29) is 0 Å². The van der Waals surface area contributed by atoms with Gasteiger partial charge in [-0.15, -0.1) is 0 Å². The molecule has 1 unspecified atom stereocenters. The Labute approximate surface area is 86.7 Å². The summed E-state index contributed by atoms with van der Waals surface area (Å²) < 4.78 is 22.4. The molecule has 0 aliphatic carbocycles. The van der Waals surface area contributed by atoms with Crippen molar-refractivity contribution in [1.82, 2.24) is 0 Å². The summed E-state index contributed by atoms with van der Waals surface area (Å²) in [4.78, 5) is 0. The van der Waals surface area contributed by atoms with Crippen molar-refractivity contribution in [2.45, 2.75) is 39.9 Å². The molecule has 0 aromatic heterocycles. The van der Waals surface area contributed by atoms with E-state index in [0.717, 1.165) is 0 Å². The Hall–Kier alpha value is 0.110. The van der Waals surface area contributed by atoms with Crippen LogP contribution in [0.3, 0.4) is 0 Å². The average Bonchev–Trinajstić information content (AvgIpc) is 2.03. The van der Waals surface area contributed by atoms with Crippen LogP contribution < -0.4 is 5.73 Å². The first-order valence-corrected chi connectivity index (χ1v) is 6.71. The molecule has 2 N–H and O–H groups in total. The van der Waals surface area contributed by atoms with Crippen LogP contribution in [0.25, 0.3) is 0 Å². The van der Waals surface area contributed by atoms with Gasteiger partial charge in [0.05, 0.1) is 13.2 Å². The van der Waals surface area contributed by atoms with Crippen LogP contribution in [0.5, 0.6) is 0 Å². The lowest BCUT2D eigenvalue weighted by atomic mass is 10.1. The van der Waals surface area contributed by atoms with E-state index < -0.39 is 13.4 Å². The first kappa shape index (κ1) is 14.1. The Morgan fingerprint density at radius 2 is 1.64 bits per heavy atom. The van der Waals surface area contributed by atoms with Gasteiger partial charge in [0.15, 0.2) is 0 Å². The fraction of sp³-hybridized carbons (Fsp3) is 1.00. The summed E-state index contributed by atoms with van der Waals surface area (Å²) in [6.45, 7) is 8.36. The molecule has 1 atom stereocenters. The molecule has 0 radical (unpaired) electrons. The van der Waals surface area contributed by atoms with Crippen LogP contribution >= 0.6 is 7.60 Å². The highest BCUT2D eigenvalue weighted by atomic mass is 31.2. The van der Waals surface area contributed by atoms with Crippen molar-refractivity contribution >= 4 is 7.60 Å². The highest BCUT2D eigenvalue weighted by molar-refractivity contribution is 7.54. The number of hydrogen-bond donors (Lipinski definition) is 1. The first-order valence-electron chi connectivity index (χ1n) is 5.10. The van der Waals surface area contributed by atoms with Crippen LogP contribution in [-0.2, 0) is 13.6 Å². The van der Waals surface area contributed by atoms with Crippen molar-refractivity contribution in [1.29, 1.82) is 0 Å². The molecule has 0 saturated heterocycles. The van der Waals surface area contributed by atoms with Gasteiger partial charge in [0.1, 0.15) is 5.78 Å². The maximum absolute atomic E-state index is 12.1. The minimum atomic E-state index is -3.09. The topological polar surface area (TPSA) is 61.5 Å².